The van der Waals surface area contributed by atoms with Crippen molar-refractivity contribution in [3.8, 4) is 0 Å². The second-order valence-corrected chi connectivity index (χ2v) is 10.2. The first kappa shape index (κ1) is 18.1. The SMILES string of the molecule is C[C@@H]1CC2=C(Cl)C(=O)CC[C@]2(C)[C@H]2CC[C@]3(C)[C@@H](O)C(Cl)=CC[C@H]3[C@H]12. The van der Waals surface area contributed by atoms with Gasteiger partial charge in [0.15, 0.2) is 5.78 Å². The number of Topliss-reactive ketones (excluding diaryl/α,β-unsaturated/α-hetero) is 1. The Labute approximate surface area is 160 Å². The normalized spacial score (nSPS) is 49.9. The van der Waals surface area contributed by atoms with E-state index in [1.54, 1.807) is 0 Å². The van der Waals surface area contributed by atoms with Crippen molar-refractivity contribution in [2.75, 3.05) is 0 Å². The number of hydrogen-bond acceptors (Lipinski definition) is 2. The number of allylic oxidation sites excluding steroid dienone is 3. The quantitative estimate of drug-likeness (QED) is 0.606. The van der Waals surface area contributed by atoms with E-state index >= 15 is 0 Å². The molecule has 25 heavy (non-hydrogen) atoms. The van der Waals surface area contributed by atoms with Gasteiger partial charge in [-0.15, -0.1) is 0 Å². The predicted molar refractivity (Wildman–Crippen MR) is 101 cm³/mol. The highest BCUT2D eigenvalue weighted by atomic mass is 35.5. The van der Waals surface area contributed by atoms with E-state index in [-0.39, 0.29) is 16.6 Å². The second-order valence-electron chi connectivity index (χ2n) is 9.38. The van der Waals surface area contributed by atoms with Crippen LogP contribution in [0.25, 0.3) is 0 Å². The van der Waals surface area contributed by atoms with Crippen molar-refractivity contribution in [1.29, 1.82) is 0 Å². The molecule has 0 aromatic rings. The highest BCUT2D eigenvalue weighted by Crippen LogP contribution is 2.66. The molecular weight excluding hydrogens is 355 g/mol. The summed E-state index contributed by atoms with van der Waals surface area (Å²) in [5.41, 5.74) is 1.12. The van der Waals surface area contributed by atoms with Crippen LogP contribution >= 0.6 is 23.2 Å². The van der Waals surface area contributed by atoms with E-state index in [1.165, 1.54) is 5.57 Å². The molecule has 2 saturated carbocycles. The maximum atomic E-state index is 12.2. The Bertz CT molecular complexity index is 681. The first-order chi connectivity index (χ1) is 11.7. The number of carbonyl (C=O) groups excluding carboxylic acids is 1. The highest BCUT2D eigenvalue weighted by Gasteiger charge is 2.60. The fourth-order valence-corrected chi connectivity index (χ4v) is 7.50. The van der Waals surface area contributed by atoms with Crippen LogP contribution in [-0.2, 0) is 4.79 Å². The maximum Gasteiger partial charge on any atom is 0.174 e. The fraction of sp³-hybridized carbons (Fsp3) is 0.762. The van der Waals surface area contributed by atoms with Gasteiger partial charge in [-0.2, -0.15) is 0 Å². The monoisotopic (exact) mass is 382 g/mol. The van der Waals surface area contributed by atoms with Gasteiger partial charge in [-0.25, -0.2) is 0 Å². The molecule has 0 saturated heterocycles. The van der Waals surface area contributed by atoms with Crippen LogP contribution in [0.2, 0.25) is 0 Å². The minimum absolute atomic E-state index is 0.0411. The molecule has 138 valence electrons. The zero-order chi connectivity index (χ0) is 18.1. The number of fused-ring (bicyclic) bond motifs is 5. The third kappa shape index (κ3) is 2.36. The van der Waals surface area contributed by atoms with Gasteiger partial charge in [0.1, 0.15) is 0 Å². The molecule has 4 aliphatic carbocycles. The summed E-state index contributed by atoms with van der Waals surface area (Å²) in [5.74, 6) is 2.16. The minimum Gasteiger partial charge on any atom is -0.387 e. The lowest BCUT2D eigenvalue weighted by molar-refractivity contribution is -0.125. The minimum atomic E-state index is -0.540. The van der Waals surface area contributed by atoms with Gasteiger partial charge in [-0.3, -0.25) is 4.79 Å². The average molecular weight is 383 g/mol. The van der Waals surface area contributed by atoms with Gasteiger partial charge in [0.25, 0.3) is 0 Å². The summed E-state index contributed by atoms with van der Waals surface area (Å²) in [6, 6.07) is 0. The van der Waals surface area contributed by atoms with Gasteiger partial charge in [0, 0.05) is 16.9 Å². The van der Waals surface area contributed by atoms with Crippen molar-refractivity contribution in [3.05, 3.63) is 21.7 Å². The van der Waals surface area contributed by atoms with Crippen molar-refractivity contribution in [2.24, 2.45) is 34.5 Å². The third-order valence-electron chi connectivity index (χ3n) is 8.30. The lowest BCUT2D eigenvalue weighted by Gasteiger charge is -2.62. The molecule has 4 rings (SSSR count). The van der Waals surface area contributed by atoms with Crippen LogP contribution in [0.5, 0.6) is 0 Å². The van der Waals surface area contributed by atoms with E-state index in [0.717, 1.165) is 32.1 Å². The van der Waals surface area contributed by atoms with E-state index in [2.05, 4.69) is 20.8 Å². The molecule has 0 unspecified atom stereocenters. The molecule has 0 heterocycles. The van der Waals surface area contributed by atoms with Crippen molar-refractivity contribution in [1.82, 2.24) is 0 Å². The van der Waals surface area contributed by atoms with Gasteiger partial charge in [0.2, 0.25) is 0 Å². The maximum absolute atomic E-state index is 12.2. The number of aliphatic hydroxyl groups excluding tert-OH is 1. The van der Waals surface area contributed by atoms with E-state index in [1.807, 2.05) is 6.08 Å². The van der Waals surface area contributed by atoms with Crippen LogP contribution < -0.4 is 0 Å². The Morgan fingerprint density at radius 3 is 2.64 bits per heavy atom. The average Bonchev–Trinajstić information content (AvgIpc) is 2.58. The van der Waals surface area contributed by atoms with Crippen LogP contribution in [0, 0.1) is 34.5 Å². The summed E-state index contributed by atoms with van der Waals surface area (Å²) < 4.78 is 0. The topological polar surface area (TPSA) is 37.3 Å². The number of hydrogen-bond donors (Lipinski definition) is 1. The van der Waals surface area contributed by atoms with Crippen molar-refractivity contribution >= 4 is 29.0 Å². The molecule has 4 aliphatic rings. The Balaban J connectivity index is 1.78. The Hall–Kier alpha value is -0.310. The van der Waals surface area contributed by atoms with Gasteiger partial charge in [-0.05, 0) is 66.8 Å². The van der Waals surface area contributed by atoms with Crippen LogP contribution in [0.1, 0.15) is 59.3 Å². The smallest absolute Gasteiger partial charge is 0.174 e. The molecule has 2 fully saturated rings. The zero-order valence-corrected chi connectivity index (χ0v) is 16.8. The summed E-state index contributed by atoms with van der Waals surface area (Å²) in [7, 11) is 0. The predicted octanol–water partition coefficient (Wildman–Crippen LogP) is 5.42. The molecular formula is C21H28Cl2O2. The number of carbonyl (C=O) groups is 1. The van der Waals surface area contributed by atoms with Crippen molar-refractivity contribution < 1.29 is 9.90 Å². The summed E-state index contributed by atoms with van der Waals surface area (Å²) in [4.78, 5) is 12.2. The van der Waals surface area contributed by atoms with Gasteiger partial charge in [-0.1, -0.05) is 50.0 Å². The number of ketones is 1. The summed E-state index contributed by atoms with van der Waals surface area (Å²) >= 11 is 12.8. The largest absolute Gasteiger partial charge is 0.387 e. The molecule has 0 bridgehead atoms. The molecule has 4 heteroatoms. The molecule has 0 aromatic carbocycles. The first-order valence-corrected chi connectivity index (χ1v) is 10.4. The molecule has 0 aromatic heterocycles. The van der Waals surface area contributed by atoms with Crippen LogP contribution in [0.4, 0.5) is 0 Å². The number of aliphatic hydroxyl groups is 1. The first-order valence-electron chi connectivity index (χ1n) is 9.66. The zero-order valence-electron chi connectivity index (χ0n) is 15.3. The van der Waals surface area contributed by atoms with E-state index in [9.17, 15) is 9.90 Å². The molecule has 0 aliphatic heterocycles. The van der Waals surface area contributed by atoms with Crippen LogP contribution in [0.15, 0.2) is 21.7 Å². The number of halogens is 2. The lowest BCUT2D eigenvalue weighted by Crippen LogP contribution is -2.57. The van der Waals surface area contributed by atoms with Crippen molar-refractivity contribution in [3.63, 3.8) is 0 Å². The van der Waals surface area contributed by atoms with E-state index in [0.29, 0.717) is 40.2 Å². The van der Waals surface area contributed by atoms with Crippen LogP contribution in [-0.4, -0.2) is 17.0 Å². The Morgan fingerprint density at radius 2 is 1.92 bits per heavy atom. The highest BCUT2D eigenvalue weighted by molar-refractivity contribution is 6.43. The van der Waals surface area contributed by atoms with Gasteiger partial charge < -0.3 is 5.11 Å². The molecule has 0 amide bonds. The molecule has 2 nitrogen and oxygen atoms in total. The summed E-state index contributed by atoms with van der Waals surface area (Å²) in [6.45, 7) is 6.88. The summed E-state index contributed by atoms with van der Waals surface area (Å²) in [5, 5.41) is 12.0. The van der Waals surface area contributed by atoms with Gasteiger partial charge >= 0.3 is 0 Å². The lowest BCUT2D eigenvalue weighted by atomic mass is 9.43. The van der Waals surface area contributed by atoms with E-state index < -0.39 is 6.10 Å². The molecule has 0 radical (unpaired) electrons. The van der Waals surface area contributed by atoms with Crippen LogP contribution in [0.3, 0.4) is 0 Å². The van der Waals surface area contributed by atoms with Crippen molar-refractivity contribution in [2.45, 2.75) is 65.4 Å². The Kier molecular flexibility index (Phi) is 4.22. The Morgan fingerprint density at radius 1 is 1.20 bits per heavy atom. The molecule has 1 N–H and O–H groups in total. The molecule has 0 spiro atoms. The van der Waals surface area contributed by atoms with Gasteiger partial charge in [0.05, 0.1) is 11.1 Å². The standard InChI is InChI=1S/C21H28Cl2O2/c1-11-10-14-18(23)16(24)7-9-20(14,2)13-6-8-21(3)12(17(11)13)4-5-15(22)19(21)25/h5,11-13,17,19,25H,4,6-10H2,1-3H3/t11-,12+,13+,17+,19+,20-,21+/m1/s1. The second kappa shape index (κ2) is 5.84. The summed E-state index contributed by atoms with van der Waals surface area (Å²) in [6.07, 6.45) is 6.95. The molecule has 7 atom stereocenters. The number of rotatable bonds is 0. The van der Waals surface area contributed by atoms with E-state index in [4.69, 9.17) is 23.2 Å². The fourth-order valence-electron chi connectivity index (χ4n) is 6.78. The third-order valence-corrected chi connectivity index (χ3v) is 9.09.